The molecule has 2 rings (SSSR count). The van der Waals surface area contributed by atoms with E-state index in [0.717, 1.165) is 12.8 Å². The molecule has 1 aliphatic heterocycles. The van der Waals surface area contributed by atoms with Crippen LogP contribution in [0, 0.1) is 0 Å². The zero-order valence-electron chi connectivity index (χ0n) is 11.2. The van der Waals surface area contributed by atoms with Gasteiger partial charge in [-0.15, -0.1) is 0 Å². The van der Waals surface area contributed by atoms with Gasteiger partial charge in [0.2, 0.25) is 10.0 Å². The van der Waals surface area contributed by atoms with E-state index in [1.165, 1.54) is 4.31 Å². The number of ether oxygens (including phenoxy) is 1. The summed E-state index contributed by atoms with van der Waals surface area (Å²) in [5, 5.41) is 2.80. The van der Waals surface area contributed by atoms with Gasteiger partial charge in [-0.3, -0.25) is 0 Å². The van der Waals surface area contributed by atoms with Crippen molar-refractivity contribution in [1.29, 1.82) is 0 Å². The summed E-state index contributed by atoms with van der Waals surface area (Å²) in [6, 6.07) is 3.17. The van der Waals surface area contributed by atoms with Gasteiger partial charge in [-0.25, -0.2) is 13.4 Å². The maximum absolute atomic E-state index is 12.5. The Morgan fingerprint density at radius 2 is 2.37 bits per heavy atom. The minimum Gasteiger partial charge on any atom is -0.377 e. The fourth-order valence-corrected chi connectivity index (χ4v) is 3.48. The van der Waals surface area contributed by atoms with Gasteiger partial charge in [0.15, 0.2) is 0 Å². The van der Waals surface area contributed by atoms with Crippen LogP contribution in [0.4, 0.5) is 5.82 Å². The van der Waals surface area contributed by atoms with Gasteiger partial charge < -0.3 is 10.1 Å². The van der Waals surface area contributed by atoms with Gasteiger partial charge in [0.25, 0.3) is 0 Å². The zero-order chi connectivity index (χ0) is 13.9. The third kappa shape index (κ3) is 3.05. The Labute approximate surface area is 113 Å². The number of hydrogen-bond donors (Lipinski definition) is 1. The Hall–Kier alpha value is -1.18. The predicted octanol–water partition coefficient (Wildman–Crippen LogP) is 0.923. The van der Waals surface area contributed by atoms with Crippen molar-refractivity contribution in [2.45, 2.75) is 23.8 Å². The van der Waals surface area contributed by atoms with Crippen LogP contribution < -0.4 is 5.32 Å². The quantitative estimate of drug-likeness (QED) is 0.871. The molecule has 0 spiro atoms. The first-order chi connectivity index (χ1) is 9.05. The van der Waals surface area contributed by atoms with Crippen molar-refractivity contribution in [3.8, 4) is 0 Å². The summed E-state index contributed by atoms with van der Waals surface area (Å²) >= 11 is 0. The molecule has 106 valence electrons. The minimum absolute atomic E-state index is 0.00511. The van der Waals surface area contributed by atoms with Crippen LogP contribution in [0.25, 0.3) is 0 Å². The maximum atomic E-state index is 12.5. The molecule has 1 N–H and O–H groups in total. The lowest BCUT2D eigenvalue weighted by atomic mass is 10.2. The van der Waals surface area contributed by atoms with Gasteiger partial charge in [0.05, 0.1) is 6.10 Å². The van der Waals surface area contributed by atoms with Crippen LogP contribution in [0.1, 0.15) is 12.8 Å². The minimum atomic E-state index is -3.54. The van der Waals surface area contributed by atoms with Gasteiger partial charge in [-0.05, 0) is 25.0 Å². The van der Waals surface area contributed by atoms with Crippen LogP contribution >= 0.6 is 0 Å². The molecule has 2 heterocycles. The number of nitrogens with one attached hydrogen (secondary N) is 1. The molecule has 1 saturated heterocycles. The van der Waals surface area contributed by atoms with E-state index in [2.05, 4.69) is 10.3 Å². The maximum Gasteiger partial charge on any atom is 0.246 e. The van der Waals surface area contributed by atoms with Crippen LogP contribution in [0.2, 0.25) is 0 Å². The van der Waals surface area contributed by atoms with Crippen molar-refractivity contribution in [3.63, 3.8) is 0 Å². The number of aromatic nitrogens is 1. The number of hydrogen-bond acceptors (Lipinski definition) is 5. The Kier molecular flexibility index (Phi) is 4.38. The van der Waals surface area contributed by atoms with Crippen LogP contribution in [0.5, 0.6) is 0 Å². The van der Waals surface area contributed by atoms with E-state index in [-0.39, 0.29) is 11.0 Å². The van der Waals surface area contributed by atoms with E-state index in [1.54, 1.807) is 32.4 Å². The molecule has 19 heavy (non-hydrogen) atoms. The van der Waals surface area contributed by atoms with E-state index in [9.17, 15) is 8.42 Å². The van der Waals surface area contributed by atoms with Crippen LogP contribution in [-0.4, -0.2) is 51.1 Å². The Morgan fingerprint density at radius 1 is 1.58 bits per heavy atom. The molecule has 0 radical (unpaired) electrons. The summed E-state index contributed by atoms with van der Waals surface area (Å²) in [6.45, 7) is 1.09. The van der Waals surface area contributed by atoms with E-state index in [0.29, 0.717) is 19.0 Å². The summed E-state index contributed by atoms with van der Waals surface area (Å²) < 4.78 is 31.8. The number of rotatable bonds is 5. The largest absolute Gasteiger partial charge is 0.377 e. The molecule has 1 aromatic rings. The van der Waals surface area contributed by atoms with Gasteiger partial charge in [-0.1, -0.05) is 0 Å². The third-order valence-electron chi connectivity index (χ3n) is 3.18. The molecule has 0 aliphatic carbocycles. The molecule has 1 aromatic heterocycles. The molecular weight excluding hydrogens is 266 g/mol. The molecule has 1 unspecified atom stereocenters. The van der Waals surface area contributed by atoms with Crippen molar-refractivity contribution < 1.29 is 13.2 Å². The summed E-state index contributed by atoms with van der Waals surface area (Å²) in [7, 11) is -0.314. The molecule has 7 heteroatoms. The fourth-order valence-electron chi connectivity index (χ4n) is 2.13. The van der Waals surface area contributed by atoms with E-state index >= 15 is 0 Å². The average molecular weight is 285 g/mol. The summed E-state index contributed by atoms with van der Waals surface area (Å²) in [4.78, 5) is 4.22. The normalized spacial score (nSPS) is 19.8. The van der Waals surface area contributed by atoms with Crippen LogP contribution in [0.15, 0.2) is 23.2 Å². The highest BCUT2D eigenvalue weighted by Gasteiger charge is 2.28. The highest BCUT2D eigenvalue weighted by Crippen LogP contribution is 2.22. The first-order valence-electron chi connectivity index (χ1n) is 6.26. The highest BCUT2D eigenvalue weighted by molar-refractivity contribution is 7.89. The summed E-state index contributed by atoms with van der Waals surface area (Å²) in [6.07, 6.45) is 3.46. The van der Waals surface area contributed by atoms with Crippen LogP contribution in [-0.2, 0) is 14.8 Å². The van der Waals surface area contributed by atoms with Crippen molar-refractivity contribution in [2.75, 3.05) is 32.6 Å². The Balaban J connectivity index is 2.20. The molecule has 0 saturated carbocycles. The zero-order valence-corrected chi connectivity index (χ0v) is 12.0. The first kappa shape index (κ1) is 14.2. The summed E-state index contributed by atoms with van der Waals surface area (Å²) in [5.74, 6) is 0.363. The molecule has 0 amide bonds. The first-order valence-corrected chi connectivity index (χ1v) is 7.70. The van der Waals surface area contributed by atoms with Crippen molar-refractivity contribution in [2.24, 2.45) is 0 Å². The monoisotopic (exact) mass is 285 g/mol. The fraction of sp³-hybridized carbons (Fsp3) is 0.583. The van der Waals surface area contributed by atoms with E-state index < -0.39 is 10.0 Å². The van der Waals surface area contributed by atoms with Gasteiger partial charge in [0, 0.05) is 33.4 Å². The van der Waals surface area contributed by atoms with E-state index in [4.69, 9.17) is 4.74 Å². The van der Waals surface area contributed by atoms with E-state index in [1.807, 2.05) is 0 Å². The molecular formula is C12H19N3O3S. The predicted molar refractivity (Wildman–Crippen MR) is 72.6 cm³/mol. The average Bonchev–Trinajstić information content (AvgIpc) is 2.91. The lowest BCUT2D eigenvalue weighted by Gasteiger charge is -2.21. The molecule has 1 aliphatic rings. The topological polar surface area (TPSA) is 71.5 Å². The van der Waals surface area contributed by atoms with Crippen molar-refractivity contribution in [3.05, 3.63) is 18.3 Å². The van der Waals surface area contributed by atoms with Crippen molar-refractivity contribution >= 4 is 15.8 Å². The molecule has 6 nitrogen and oxygen atoms in total. The number of sulfonamides is 1. The highest BCUT2D eigenvalue weighted by atomic mass is 32.2. The molecule has 1 atom stereocenters. The van der Waals surface area contributed by atoms with Gasteiger partial charge in [0.1, 0.15) is 10.7 Å². The number of anilines is 1. The second-order valence-corrected chi connectivity index (χ2v) is 6.53. The molecule has 1 fully saturated rings. The Morgan fingerprint density at radius 3 is 3.00 bits per heavy atom. The van der Waals surface area contributed by atoms with Crippen LogP contribution in [0.3, 0.4) is 0 Å². The third-order valence-corrected chi connectivity index (χ3v) is 5.04. The number of likely N-dealkylation sites (N-methyl/N-ethyl adjacent to an activating group) is 1. The second kappa shape index (κ2) is 5.85. The Bertz CT molecular complexity index is 527. The van der Waals surface area contributed by atoms with Crippen molar-refractivity contribution in [1.82, 2.24) is 9.29 Å². The standard InChI is InChI=1S/C12H19N3O3S/c1-13-12-11(6-3-7-14-12)19(16,17)15(2)9-10-5-4-8-18-10/h3,6-7,10H,4-5,8-9H2,1-2H3,(H,13,14). The molecule has 0 bridgehead atoms. The molecule has 0 aromatic carbocycles. The SMILES string of the molecule is CNc1ncccc1S(=O)(=O)N(C)CC1CCCO1. The smallest absolute Gasteiger partial charge is 0.246 e. The number of pyridine rings is 1. The second-order valence-electron chi connectivity index (χ2n) is 4.52. The lowest BCUT2D eigenvalue weighted by molar-refractivity contribution is 0.0979. The van der Waals surface area contributed by atoms with Gasteiger partial charge >= 0.3 is 0 Å². The summed E-state index contributed by atoms with van der Waals surface area (Å²) in [5.41, 5.74) is 0. The lowest BCUT2D eigenvalue weighted by Crippen LogP contribution is -2.34. The van der Waals surface area contributed by atoms with Gasteiger partial charge in [-0.2, -0.15) is 4.31 Å². The number of nitrogens with zero attached hydrogens (tertiary/aromatic N) is 2.